The molecule has 0 atom stereocenters. The lowest BCUT2D eigenvalue weighted by Gasteiger charge is -2.23. The van der Waals surface area contributed by atoms with E-state index >= 15 is 0 Å². The average Bonchev–Trinajstić information content (AvgIpc) is 2.76. The summed E-state index contributed by atoms with van der Waals surface area (Å²) in [4.78, 5) is 12.1. The minimum atomic E-state index is -3.71. The van der Waals surface area contributed by atoms with Crippen LogP contribution >= 0.6 is 15.9 Å². The maximum Gasteiger partial charge on any atom is 0.338 e. The van der Waals surface area contributed by atoms with Crippen LogP contribution in [-0.2, 0) is 27.8 Å². The Labute approximate surface area is 185 Å². The van der Waals surface area contributed by atoms with Crippen molar-refractivity contribution in [1.82, 2.24) is 4.31 Å². The number of hydrogen-bond acceptors (Lipinski definition) is 4. The molecule has 3 aromatic carbocycles. The van der Waals surface area contributed by atoms with Crippen LogP contribution in [0.25, 0.3) is 0 Å². The molecular weight excluding hydrogens is 466 g/mol. The number of benzene rings is 3. The summed E-state index contributed by atoms with van der Waals surface area (Å²) in [7, 11) is -3.71. The monoisotopic (exact) mass is 487 g/mol. The van der Waals surface area contributed by atoms with Crippen molar-refractivity contribution >= 4 is 31.9 Å². The Balaban J connectivity index is 1.89. The van der Waals surface area contributed by atoms with Gasteiger partial charge in [0.15, 0.2) is 0 Å². The van der Waals surface area contributed by atoms with Crippen LogP contribution < -0.4 is 0 Å². The van der Waals surface area contributed by atoms with E-state index in [9.17, 15) is 13.2 Å². The van der Waals surface area contributed by atoms with Crippen molar-refractivity contribution in [2.75, 3.05) is 6.61 Å². The van der Waals surface area contributed by atoms with Gasteiger partial charge in [0.05, 0.1) is 17.1 Å². The topological polar surface area (TPSA) is 63.7 Å². The molecule has 0 aliphatic heterocycles. The highest BCUT2D eigenvalue weighted by Crippen LogP contribution is 2.22. The molecule has 7 heteroatoms. The molecule has 0 amide bonds. The summed E-state index contributed by atoms with van der Waals surface area (Å²) < 4.78 is 34.0. The number of carbonyl (C=O) groups is 1. The number of hydrogen-bond donors (Lipinski definition) is 0. The van der Waals surface area contributed by atoms with Crippen LogP contribution in [0.4, 0.5) is 0 Å². The predicted molar refractivity (Wildman–Crippen MR) is 119 cm³/mol. The number of carbonyl (C=O) groups excluding carboxylic acids is 1. The van der Waals surface area contributed by atoms with Gasteiger partial charge in [0.25, 0.3) is 0 Å². The second-order valence-electron chi connectivity index (χ2n) is 6.63. The summed E-state index contributed by atoms with van der Waals surface area (Å²) in [5.74, 6) is -0.396. The Kier molecular flexibility index (Phi) is 7.42. The molecule has 0 saturated heterocycles. The molecule has 30 heavy (non-hydrogen) atoms. The van der Waals surface area contributed by atoms with Crippen LogP contribution in [0.5, 0.6) is 0 Å². The summed E-state index contributed by atoms with van der Waals surface area (Å²) in [6, 6.07) is 22.7. The average molecular weight is 488 g/mol. The number of nitrogens with zero attached hydrogens (tertiary/aromatic N) is 1. The first-order valence-electron chi connectivity index (χ1n) is 9.46. The van der Waals surface area contributed by atoms with Crippen LogP contribution in [-0.4, -0.2) is 25.3 Å². The summed E-state index contributed by atoms with van der Waals surface area (Å²) >= 11 is 3.40. The van der Waals surface area contributed by atoms with E-state index in [1.165, 1.54) is 4.31 Å². The van der Waals surface area contributed by atoms with E-state index in [2.05, 4.69) is 15.9 Å². The fourth-order valence-corrected chi connectivity index (χ4v) is 4.63. The first kappa shape index (κ1) is 22.2. The fraction of sp³-hybridized carbons (Fsp3) is 0.174. The number of ether oxygens (including phenoxy) is 1. The Morgan fingerprint density at radius 1 is 0.867 bits per heavy atom. The van der Waals surface area contributed by atoms with Crippen LogP contribution in [0.15, 0.2) is 88.2 Å². The van der Waals surface area contributed by atoms with Gasteiger partial charge in [-0.25, -0.2) is 13.2 Å². The van der Waals surface area contributed by atoms with E-state index in [-0.39, 0.29) is 18.0 Å². The van der Waals surface area contributed by atoms with Crippen molar-refractivity contribution in [3.63, 3.8) is 0 Å². The number of halogens is 1. The van der Waals surface area contributed by atoms with Crippen molar-refractivity contribution in [1.29, 1.82) is 0 Å². The summed E-state index contributed by atoms with van der Waals surface area (Å²) in [6.07, 6.45) is 0. The predicted octanol–water partition coefficient (Wildman–Crippen LogP) is 5.02. The standard InChI is InChI=1S/C23H22BrNO4S/c1-2-29-23(26)20-12-8-18(9-13-20)16-25(17-19-10-14-21(24)15-11-19)30(27,28)22-6-4-3-5-7-22/h3-15H,2,16-17H2,1H3. The number of sulfonamides is 1. The van der Waals surface area contributed by atoms with Crippen molar-refractivity contribution in [2.24, 2.45) is 0 Å². The van der Waals surface area contributed by atoms with Gasteiger partial charge < -0.3 is 4.74 Å². The van der Waals surface area contributed by atoms with Crippen molar-refractivity contribution in [2.45, 2.75) is 24.9 Å². The molecule has 5 nitrogen and oxygen atoms in total. The lowest BCUT2D eigenvalue weighted by atomic mass is 10.1. The molecule has 0 aliphatic rings. The Morgan fingerprint density at radius 3 is 1.93 bits per heavy atom. The van der Waals surface area contributed by atoms with Gasteiger partial charge in [-0.05, 0) is 54.4 Å². The summed E-state index contributed by atoms with van der Waals surface area (Å²) in [5.41, 5.74) is 2.09. The Hall–Kier alpha value is -2.48. The molecule has 0 bridgehead atoms. The highest BCUT2D eigenvalue weighted by molar-refractivity contribution is 9.10. The molecule has 0 N–H and O–H groups in total. The van der Waals surface area contributed by atoms with Gasteiger partial charge in [-0.3, -0.25) is 0 Å². The van der Waals surface area contributed by atoms with Crippen molar-refractivity contribution in [3.05, 3.63) is 100 Å². The minimum Gasteiger partial charge on any atom is -0.462 e. The molecule has 0 spiro atoms. The number of rotatable bonds is 8. The van der Waals surface area contributed by atoms with Crippen LogP contribution in [0, 0.1) is 0 Å². The zero-order valence-electron chi connectivity index (χ0n) is 16.5. The van der Waals surface area contributed by atoms with Crippen LogP contribution in [0.3, 0.4) is 0 Å². The molecule has 3 rings (SSSR count). The van der Waals surface area contributed by atoms with E-state index < -0.39 is 16.0 Å². The normalized spacial score (nSPS) is 11.4. The zero-order valence-corrected chi connectivity index (χ0v) is 18.9. The Morgan fingerprint density at radius 2 is 1.40 bits per heavy atom. The molecule has 0 radical (unpaired) electrons. The van der Waals surface area contributed by atoms with Gasteiger partial charge in [-0.2, -0.15) is 4.31 Å². The number of esters is 1. The summed E-state index contributed by atoms with van der Waals surface area (Å²) in [6.45, 7) is 2.46. The maximum atomic E-state index is 13.3. The highest BCUT2D eigenvalue weighted by atomic mass is 79.9. The smallest absolute Gasteiger partial charge is 0.338 e. The molecule has 0 heterocycles. The van der Waals surface area contributed by atoms with Crippen LogP contribution in [0.2, 0.25) is 0 Å². The quantitative estimate of drug-likeness (QED) is 0.418. The maximum absolute atomic E-state index is 13.3. The summed E-state index contributed by atoms with van der Waals surface area (Å²) in [5, 5.41) is 0. The first-order valence-corrected chi connectivity index (χ1v) is 11.7. The van der Waals surface area contributed by atoms with Gasteiger partial charge in [0.2, 0.25) is 10.0 Å². The van der Waals surface area contributed by atoms with Crippen molar-refractivity contribution < 1.29 is 17.9 Å². The van der Waals surface area contributed by atoms with Gasteiger partial charge in [0, 0.05) is 17.6 Å². The molecule has 0 unspecified atom stereocenters. The molecule has 0 fully saturated rings. The fourth-order valence-electron chi connectivity index (χ4n) is 2.93. The molecule has 0 aliphatic carbocycles. The molecule has 0 aromatic heterocycles. The van der Waals surface area contributed by atoms with E-state index in [0.29, 0.717) is 12.2 Å². The van der Waals surface area contributed by atoms with E-state index in [1.807, 2.05) is 24.3 Å². The second kappa shape index (κ2) is 10.0. The zero-order chi connectivity index (χ0) is 21.6. The van der Waals surface area contributed by atoms with Gasteiger partial charge in [-0.15, -0.1) is 0 Å². The SMILES string of the molecule is CCOC(=O)c1ccc(CN(Cc2ccc(Br)cc2)S(=O)(=O)c2ccccc2)cc1. The van der Waals surface area contributed by atoms with Gasteiger partial charge in [0.1, 0.15) is 0 Å². The van der Waals surface area contributed by atoms with E-state index in [0.717, 1.165) is 15.6 Å². The third kappa shape index (κ3) is 5.56. The molecular formula is C23H22BrNO4S. The van der Waals surface area contributed by atoms with Gasteiger partial charge >= 0.3 is 5.97 Å². The molecule has 3 aromatic rings. The van der Waals surface area contributed by atoms with Gasteiger partial charge in [-0.1, -0.05) is 58.4 Å². The highest BCUT2D eigenvalue weighted by Gasteiger charge is 2.25. The first-order chi connectivity index (χ1) is 14.4. The minimum absolute atomic E-state index is 0.177. The third-order valence-corrected chi connectivity index (χ3v) is 6.81. The lowest BCUT2D eigenvalue weighted by Crippen LogP contribution is -2.30. The van der Waals surface area contributed by atoms with E-state index in [1.54, 1.807) is 61.5 Å². The van der Waals surface area contributed by atoms with Crippen LogP contribution in [0.1, 0.15) is 28.4 Å². The van der Waals surface area contributed by atoms with Crippen molar-refractivity contribution in [3.8, 4) is 0 Å². The molecule has 156 valence electrons. The largest absolute Gasteiger partial charge is 0.462 e. The van der Waals surface area contributed by atoms with E-state index in [4.69, 9.17) is 4.74 Å². The third-order valence-electron chi connectivity index (χ3n) is 4.48. The lowest BCUT2D eigenvalue weighted by molar-refractivity contribution is 0.0526. The second-order valence-corrected chi connectivity index (χ2v) is 9.48. The Bertz CT molecular complexity index is 1080. The molecule has 0 saturated carbocycles.